The quantitative estimate of drug-likeness (QED) is 0.365. The maximum absolute atomic E-state index is 11.8. The summed E-state index contributed by atoms with van der Waals surface area (Å²) in [5, 5.41) is 56.3. The Morgan fingerprint density at radius 2 is 1.63 bits per heavy atom. The van der Waals surface area contributed by atoms with Crippen LogP contribution in [0.3, 0.4) is 0 Å². The molecule has 4 rings (SSSR count). The molecule has 5 heteroatoms. The van der Waals surface area contributed by atoms with E-state index in [2.05, 4.69) is 41.2 Å². The first kappa shape index (κ1) is 27.6. The zero-order valence-corrected chi connectivity index (χ0v) is 23.2. The highest BCUT2D eigenvalue weighted by atomic mass is 16.3. The van der Waals surface area contributed by atoms with E-state index in [0.717, 1.165) is 25.7 Å². The highest BCUT2D eigenvalue weighted by molar-refractivity contribution is 5.21. The minimum Gasteiger partial charge on any atom is -0.393 e. The Hall–Kier alpha value is -0.460. The second kappa shape index (κ2) is 8.53. The minimum absolute atomic E-state index is 0.00638. The first-order valence-corrected chi connectivity index (χ1v) is 14.0. The molecule has 0 saturated heterocycles. The molecule has 5 nitrogen and oxygen atoms in total. The zero-order chi connectivity index (χ0) is 26.4. The number of fused-ring (bicyclic) bond motifs is 5. The Bertz CT molecular complexity index is 837. The van der Waals surface area contributed by atoms with Gasteiger partial charge < -0.3 is 25.5 Å². The Morgan fingerprint density at radius 1 is 1.00 bits per heavy atom. The van der Waals surface area contributed by atoms with Crippen molar-refractivity contribution in [2.45, 2.75) is 130 Å². The predicted octanol–water partition coefficient (Wildman–Crippen LogP) is 4.44. The van der Waals surface area contributed by atoms with Gasteiger partial charge in [0, 0.05) is 0 Å². The summed E-state index contributed by atoms with van der Waals surface area (Å²) in [6.07, 6.45) is 3.62. The van der Waals surface area contributed by atoms with Gasteiger partial charge in [-0.25, -0.2) is 0 Å². The van der Waals surface area contributed by atoms with E-state index in [1.54, 1.807) is 0 Å². The number of rotatable bonds is 5. The Labute approximate surface area is 213 Å². The summed E-state index contributed by atoms with van der Waals surface area (Å²) in [7, 11) is 0. The molecule has 0 aromatic carbocycles. The van der Waals surface area contributed by atoms with Crippen molar-refractivity contribution in [3.05, 3.63) is 12.2 Å². The first-order chi connectivity index (χ1) is 15.9. The van der Waals surface area contributed by atoms with Crippen LogP contribution in [-0.4, -0.2) is 55.5 Å². The second-order valence-corrected chi connectivity index (χ2v) is 14.8. The van der Waals surface area contributed by atoms with Crippen LogP contribution in [-0.2, 0) is 0 Å². The van der Waals surface area contributed by atoms with E-state index in [1.807, 2.05) is 13.8 Å². The van der Waals surface area contributed by atoms with Gasteiger partial charge in [-0.1, -0.05) is 46.8 Å². The van der Waals surface area contributed by atoms with Gasteiger partial charge in [0.05, 0.1) is 30.0 Å². The van der Waals surface area contributed by atoms with E-state index >= 15 is 0 Å². The van der Waals surface area contributed by atoms with E-state index in [0.29, 0.717) is 31.3 Å². The normalized spacial score (nSPS) is 51.5. The lowest BCUT2D eigenvalue weighted by Crippen LogP contribution is -2.69. The van der Waals surface area contributed by atoms with Crippen molar-refractivity contribution < 1.29 is 25.5 Å². The van der Waals surface area contributed by atoms with Gasteiger partial charge in [0.25, 0.3) is 0 Å². The van der Waals surface area contributed by atoms with E-state index in [1.165, 1.54) is 0 Å². The fourth-order valence-electron chi connectivity index (χ4n) is 10.5. The van der Waals surface area contributed by atoms with Crippen LogP contribution in [0, 0.1) is 45.3 Å². The van der Waals surface area contributed by atoms with Crippen LogP contribution in [0.4, 0.5) is 0 Å². The summed E-state index contributed by atoms with van der Waals surface area (Å²) in [5.74, 6) is 0.147. The van der Waals surface area contributed by atoms with Crippen molar-refractivity contribution in [3.63, 3.8) is 0 Å². The van der Waals surface area contributed by atoms with Crippen LogP contribution in [0.1, 0.15) is 99.8 Å². The van der Waals surface area contributed by atoms with Gasteiger partial charge in [-0.05, 0) is 111 Å². The van der Waals surface area contributed by atoms with Gasteiger partial charge in [-0.2, -0.15) is 0 Å². The molecular formula is C30H52O5. The molecule has 0 radical (unpaired) electrons. The molecule has 0 aliphatic heterocycles. The van der Waals surface area contributed by atoms with Crippen molar-refractivity contribution in [1.82, 2.24) is 0 Å². The Balaban J connectivity index is 1.68. The standard InChI is InChI=1S/C30H52O5/c1-17(2)19(31)10-14-30(8,35)18-9-13-28(6)24(18)20(32)15-22-27(5)12-11-23(34)26(3,4)25(27)21(33)16-29(22,28)7/h18-25,31-35H,1,9-16H2,2-8H3. The second-order valence-electron chi connectivity index (χ2n) is 14.8. The molecule has 202 valence electrons. The molecule has 4 saturated carbocycles. The zero-order valence-electron chi connectivity index (χ0n) is 23.2. The smallest absolute Gasteiger partial charge is 0.0745 e. The SMILES string of the molecule is C=C(C)C(O)CCC(C)(O)C1CCC2(C)C1C(O)CC1C3(C)CCC(O)C(C)(C)C3C(O)CC12C. The number of aliphatic hydroxyl groups is 5. The van der Waals surface area contributed by atoms with Crippen LogP contribution in [0.25, 0.3) is 0 Å². The molecular weight excluding hydrogens is 440 g/mol. The summed E-state index contributed by atoms with van der Waals surface area (Å²) in [6.45, 7) is 18.7. The number of hydrogen-bond donors (Lipinski definition) is 5. The molecule has 35 heavy (non-hydrogen) atoms. The van der Waals surface area contributed by atoms with E-state index < -0.39 is 30.0 Å². The molecule has 12 atom stereocenters. The topological polar surface area (TPSA) is 101 Å². The maximum Gasteiger partial charge on any atom is 0.0745 e. The lowest BCUT2D eigenvalue weighted by atomic mass is 9.34. The monoisotopic (exact) mass is 492 g/mol. The van der Waals surface area contributed by atoms with Gasteiger partial charge in [-0.3, -0.25) is 0 Å². The summed E-state index contributed by atoms with van der Waals surface area (Å²) in [6, 6.07) is 0. The van der Waals surface area contributed by atoms with Crippen LogP contribution < -0.4 is 0 Å². The largest absolute Gasteiger partial charge is 0.393 e. The molecule has 4 fully saturated rings. The van der Waals surface area contributed by atoms with Crippen molar-refractivity contribution in [2.24, 2.45) is 45.3 Å². The molecule has 0 aromatic heterocycles. The molecule has 0 bridgehead atoms. The molecule has 0 heterocycles. The molecule has 0 aromatic rings. The molecule has 5 N–H and O–H groups in total. The van der Waals surface area contributed by atoms with E-state index in [-0.39, 0.29) is 45.3 Å². The molecule has 4 aliphatic rings. The highest BCUT2D eigenvalue weighted by Gasteiger charge is 2.72. The Morgan fingerprint density at radius 3 is 2.23 bits per heavy atom. The highest BCUT2D eigenvalue weighted by Crippen LogP contribution is 2.75. The van der Waals surface area contributed by atoms with Gasteiger partial charge in [0.15, 0.2) is 0 Å². The third-order valence-electron chi connectivity index (χ3n) is 12.5. The summed E-state index contributed by atoms with van der Waals surface area (Å²) in [5.41, 5.74) is -1.17. The van der Waals surface area contributed by atoms with Crippen LogP contribution in [0.5, 0.6) is 0 Å². The maximum atomic E-state index is 11.8. The van der Waals surface area contributed by atoms with Gasteiger partial charge in [0.1, 0.15) is 0 Å². The summed E-state index contributed by atoms with van der Waals surface area (Å²) in [4.78, 5) is 0. The summed E-state index contributed by atoms with van der Waals surface area (Å²) < 4.78 is 0. The Kier molecular flexibility index (Phi) is 6.72. The average molecular weight is 493 g/mol. The molecule has 0 spiro atoms. The van der Waals surface area contributed by atoms with Crippen LogP contribution in [0.15, 0.2) is 12.2 Å². The van der Waals surface area contributed by atoms with Crippen molar-refractivity contribution in [2.75, 3.05) is 0 Å². The number of aliphatic hydroxyl groups excluding tert-OH is 4. The lowest BCUT2D eigenvalue weighted by Gasteiger charge is -2.71. The third kappa shape index (κ3) is 3.81. The van der Waals surface area contributed by atoms with Gasteiger partial charge >= 0.3 is 0 Å². The minimum atomic E-state index is -0.986. The summed E-state index contributed by atoms with van der Waals surface area (Å²) >= 11 is 0. The van der Waals surface area contributed by atoms with Gasteiger partial charge in [-0.15, -0.1) is 0 Å². The number of hydrogen-bond acceptors (Lipinski definition) is 5. The molecule has 4 aliphatic carbocycles. The fraction of sp³-hybridized carbons (Fsp3) is 0.933. The van der Waals surface area contributed by atoms with Crippen molar-refractivity contribution in [3.8, 4) is 0 Å². The van der Waals surface area contributed by atoms with Crippen LogP contribution >= 0.6 is 0 Å². The third-order valence-corrected chi connectivity index (χ3v) is 12.5. The van der Waals surface area contributed by atoms with Crippen molar-refractivity contribution in [1.29, 1.82) is 0 Å². The van der Waals surface area contributed by atoms with Crippen LogP contribution in [0.2, 0.25) is 0 Å². The molecule has 0 amide bonds. The average Bonchev–Trinajstić information content (AvgIpc) is 3.12. The van der Waals surface area contributed by atoms with E-state index in [4.69, 9.17) is 0 Å². The fourth-order valence-corrected chi connectivity index (χ4v) is 10.5. The molecule has 12 unspecified atom stereocenters. The van der Waals surface area contributed by atoms with Crippen molar-refractivity contribution >= 4 is 0 Å². The lowest BCUT2D eigenvalue weighted by molar-refractivity contribution is -0.274. The van der Waals surface area contributed by atoms with E-state index in [9.17, 15) is 25.5 Å². The predicted molar refractivity (Wildman–Crippen MR) is 138 cm³/mol. The van der Waals surface area contributed by atoms with Gasteiger partial charge in [0.2, 0.25) is 0 Å². The first-order valence-electron chi connectivity index (χ1n) is 14.0.